The van der Waals surface area contributed by atoms with Crippen LogP contribution in [0, 0.1) is 0 Å². The van der Waals surface area contributed by atoms with Crippen molar-refractivity contribution in [3.05, 3.63) is 65.0 Å². The summed E-state index contributed by atoms with van der Waals surface area (Å²) in [6.45, 7) is 4.97. The molecule has 0 bridgehead atoms. The van der Waals surface area contributed by atoms with Gasteiger partial charge in [0, 0.05) is 30.7 Å². The van der Waals surface area contributed by atoms with E-state index in [1.807, 2.05) is 50.2 Å². The van der Waals surface area contributed by atoms with Crippen LogP contribution in [-0.4, -0.2) is 31.8 Å². The van der Waals surface area contributed by atoms with Crippen LogP contribution >= 0.6 is 0 Å². The monoisotopic (exact) mass is 395 g/mol. The predicted octanol–water partition coefficient (Wildman–Crippen LogP) is 3.77. The highest BCUT2D eigenvalue weighted by molar-refractivity contribution is 5.93. The molecular weight excluding hydrogens is 370 g/mol. The summed E-state index contributed by atoms with van der Waals surface area (Å²) in [5, 5.41) is 3.59. The molecule has 2 aromatic carbocycles. The molecule has 1 amide bonds. The van der Waals surface area contributed by atoms with Crippen LogP contribution in [0.5, 0.6) is 5.75 Å². The quantitative estimate of drug-likeness (QED) is 0.441. The highest BCUT2D eigenvalue weighted by Crippen LogP contribution is 2.29. The second-order valence-corrected chi connectivity index (χ2v) is 6.91. The highest BCUT2D eigenvalue weighted by Gasteiger charge is 2.10. The van der Waals surface area contributed by atoms with E-state index in [4.69, 9.17) is 13.9 Å². The van der Waals surface area contributed by atoms with Crippen molar-refractivity contribution in [2.75, 3.05) is 19.8 Å². The molecule has 0 aliphatic rings. The summed E-state index contributed by atoms with van der Waals surface area (Å²) in [4.78, 5) is 23.9. The molecule has 1 N–H and O–H groups in total. The largest absolute Gasteiger partial charge is 0.484 e. The fourth-order valence-electron chi connectivity index (χ4n) is 2.91. The average molecular weight is 395 g/mol. The van der Waals surface area contributed by atoms with E-state index in [1.54, 1.807) is 12.1 Å². The molecule has 0 radical (unpaired) electrons. The summed E-state index contributed by atoms with van der Waals surface area (Å²) in [5.74, 6) is 0.248. The van der Waals surface area contributed by atoms with Gasteiger partial charge in [-0.2, -0.15) is 0 Å². The molecule has 3 aromatic rings. The fraction of sp³-hybridized carbons (Fsp3) is 0.304. The number of nitrogens with one attached hydrogen (secondary N) is 1. The SMILES string of the molecule is CC(C)OCCCNC(=O)COc1ccc2c(-c3ccccc3)cc(=O)oc2c1. The Labute approximate surface area is 169 Å². The third-order valence-corrected chi connectivity index (χ3v) is 4.27. The van der Waals surface area contributed by atoms with Gasteiger partial charge in [0.05, 0.1) is 6.10 Å². The summed E-state index contributed by atoms with van der Waals surface area (Å²) < 4.78 is 16.3. The van der Waals surface area contributed by atoms with E-state index in [-0.39, 0.29) is 18.6 Å². The molecule has 29 heavy (non-hydrogen) atoms. The van der Waals surface area contributed by atoms with E-state index in [9.17, 15) is 9.59 Å². The number of ether oxygens (including phenoxy) is 2. The third-order valence-electron chi connectivity index (χ3n) is 4.27. The summed E-state index contributed by atoms with van der Waals surface area (Å²) in [5.41, 5.74) is 1.71. The second kappa shape index (κ2) is 9.89. The molecule has 0 fully saturated rings. The molecule has 6 heteroatoms. The van der Waals surface area contributed by atoms with Crippen molar-refractivity contribution in [1.82, 2.24) is 5.32 Å². The Morgan fingerprint density at radius 3 is 2.66 bits per heavy atom. The van der Waals surface area contributed by atoms with Crippen molar-refractivity contribution >= 4 is 16.9 Å². The molecule has 152 valence electrons. The Morgan fingerprint density at radius 1 is 1.10 bits per heavy atom. The van der Waals surface area contributed by atoms with Crippen molar-refractivity contribution in [3.8, 4) is 16.9 Å². The summed E-state index contributed by atoms with van der Waals surface area (Å²) in [6, 6.07) is 16.3. The number of benzene rings is 2. The number of carbonyl (C=O) groups excluding carboxylic acids is 1. The van der Waals surface area contributed by atoms with Crippen LogP contribution in [-0.2, 0) is 9.53 Å². The standard InChI is InChI=1S/C23H25NO5/c1-16(2)27-12-6-11-24-22(25)15-28-18-9-10-19-20(17-7-4-3-5-8-17)14-23(26)29-21(19)13-18/h3-5,7-10,13-14,16H,6,11-12,15H2,1-2H3,(H,24,25). The minimum absolute atomic E-state index is 0.112. The lowest BCUT2D eigenvalue weighted by Gasteiger charge is -2.10. The fourth-order valence-corrected chi connectivity index (χ4v) is 2.91. The van der Waals surface area contributed by atoms with E-state index in [1.165, 1.54) is 6.07 Å². The Kier molecular flexibility index (Phi) is 7.03. The summed E-state index contributed by atoms with van der Waals surface area (Å²) in [6.07, 6.45) is 0.928. The number of carbonyl (C=O) groups is 1. The lowest BCUT2D eigenvalue weighted by Crippen LogP contribution is -2.30. The normalized spacial score (nSPS) is 11.0. The first kappa shape index (κ1) is 20.6. The van der Waals surface area contributed by atoms with Crippen LogP contribution in [0.15, 0.2) is 63.8 Å². The lowest BCUT2D eigenvalue weighted by molar-refractivity contribution is -0.123. The second-order valence-electron chi connectivity index (χ2n) is 6.91. The van der Waals surface area contributed by atoms with Crippen LogP contribution in [0.4, 0.5) is 0 Å². The van der Waals surface area contributed by atoms with Crippen LogP contribution in [0.1, 0.15) is 20.3 Å². The van der Waals surface area contributed by atoms with E-state index < -0.39 is 5.63 Å². The highest BCUT2D eigenvalue weighted by atomic mass is 16.5. The maximum absolute atomic E-state index is 12.0. The first-order valence-electron chi connectivity index (χ1n) is 9.67. The Hall–Kier alpha value is -3.12. The first-order chi connectivity index (χ1) is 14.0. The van der Waals surface area contributed by atoms with Crippen molar-refractivity contribution in [1.29, 1.82) is 0 Å². The van der Waals surface area contributed by atoms with Gasteiger partial charge in [-0.1, -0.05) is 30.3 Å². The number of hydrogen-bond acceptors (Lipinski definition) is 5. The van der Waals surface area contributed by atoms with E-state index >= 15 is 0 Å². The van der Waals surface area contributed by atoms with E-state index in [2.05, 4.69) is 5.32 Å². The Morgan fingerprint density at radius 2 is 1.90 bits per heavy atom. The zero-order valence-corrected chi connectivity index (χ0v) is 16.6. The van der Waals surface area contributed by atoms with Gasteiger partial charge < -0.3 is 19.2 Å². The predicted molar refractivity (Wildman–Crippen MR) is 112 cm³/mol. The molecule has 0 atom stereocenters. The molecule has 0 aliphatic heterocycles. The number of rotatable bonds is 9. The zero-order valence-electron chi connectivity index (χ0n) is 16.6. The molecule has 0 spiro atoms. The minimum Gasteiger partial charge on any atom is -0.484 e. The maximum Gasteiger partial charge on any atom is 0.336 e. The molecule has 0 saturated carbocycles. The minimum atomic E-state index is -0.435. The van der Waals surface area contributed by atoms with Gasteiger partial charge in [0.2, 0.25) is 0 Å². The molecule has 1 heterocycles. The number of hydrogen-bond donors (Lipinski definition) is 1. The number of fused-ring (bicyclic) bond motifs is 1. The lowest BCUT2D eigenvalue weighted by atomic mass is 10.0. The van der Waals surface area contributed by atoms with Crippen LogP contribution < -0.4 is 15.7 Å². The van der Waals surface area contributed by atoms with Gasteiger partial charge in [0.25, 0.3) is 5.91 Å². The molecule has 0 aliphatic carbocycles. The van der Waals surface area contributed by atoms with Crippen molar-refractivity contribution < 1.29 is 18.7 Å². The van der Waals surface area contributed by atoms with Crippen LogP contribution in [0.3, 0.4) is 0 Å². The number of amides is 1. The van der Waals surface area contributed by atoms with Gasteiger partial charge in [-0.3, -0.25) is 4.79 Å². The molecule has 0 unspecified atom stereocenters. The molecule has 1 aromatic heterocycles. The molecule has 6 nitrogen and oxygen atoms in total. The molecule has 0 saturated heterocycles. The van der Waals surface area contributed by atoms with E-state index in [0.29, 0.717) is 24.5 Å². The first-order valence-corrected chi connectivity index (χ1v) is 9.67. The summed E-state index contributed by atoms with van der Waals surface area (Å²) in [7, 11) is 0. The van der Waals surface area contributed by atoms with Crippen molar-refractivity contribution in [2.45, 2.75) is 26.4 Å². The molecule has 3 rings (SSSR count). The molecular formula is C23H25NO5. The van der Waals surface area contributed by atoms with Gasteiger partial charge in [0.1, 0.15) is 11.3 Å². The maximum atomic E-state index is 12.0. The summed E-state index contributed by atoms with van der Waals surface area (Å²) >= 11 is 0. The van der Waals surface area contributed by atoms with Gasteiger partial charge in [-0.05, 0) is 43.5 Å². The van der Waals surface area contributed by atoms with Crippen molar-refractivity contribution in [2.24, 2.45) is 0 Å². The zero-order chi connectivity index (χ0) is 20.6. The Bertz CT molecular complexity index is 1010. The Balaban J connectivity index is 1.63. The topological polar surface area (TPSA) is 77.8 Å². The van der Waals surface area contributed by atoms with Crippen LogP contribution in [0.2, 0.25) is 0 Å². The van der Waals surface area contributed by atoms with E-state index in [0.717, 1.165) is 22.9 Å². The third kappa shape index (κ3) is 5.93. The van der Waals surface area contributed by atoms with Gasteiger partial charge in [0.15, 0.2) is 6.61 Å². The van der Waals surface area contributed by atoms with Gasteiger partial charge in [-0.15, -0.1) is 0 Å². The smallest absolute Gasteiger partial charge is 0.336 e. The van der Waals surface area contributed by atoms with Crippen molar-refractivity contribution in [3.63, 3.8) is 0 Å². The van der Waals surface area contributed by atoms with Gasteiger partial charge >= 0.3 is 5.63 Å². The van der Waals surface area contributed by atoms with Crippen LogP contribution in [0.25, 0.3) is 22.1 Å². The van der Waals surface area contributed by atoms with Gasteiger partial charge in [-0.25, -0.2) is 4.79 Å². The average Bonchev–Trinajstić information content (AvgIpc) is 2.71.